The molecule has 0 aliphatic heterocycles. The Morgan fingerprint density at radius 2 is 1.50 bits per heavy atom. The molecule has 0 heterocycles. The molecule has 0 aromatic heterocycles. The normalized spacial score (nSPS) is 8.88. The predicted octanol–water partition coefficient (Wildman–Crippen LogP) is 1.36. The second kappa shape index (κ2) is 4.70. The van der Waals surface area contributed by atoms with E-state index in [9.17, 15) is 7.77 Å². The van der Waals surface area contributed by atoms with Crippen molar-refractivity contribution < 1.29 is 16.2 Å². The van der Waals surface area contributed by atoms with Crippen molar-refractivity contribution in [3.8, 4) is 0 Å². The highest BCUT2D eigenvalue weighted by Crippen LogP contribution is 1.85. The standard InChI is InChI=1S/C3H6.F2O2S/c1-3-2;1-5(2,3)4/h3H,1H2,2H3;. The average molecular weight is 144 g/mol. The molecular formula is C3H6F2O2S. The summed E-state index contributed by atoms with van der Waals surface area (Å²) in [6.45, 7) is 5.25. The second-order valence-electron chi connectivity index (χ2n) is 0.787. The maximum atomic E-state index is 9.99. The van der Waals surface area contributed by atoms with Crippen molar-refractivity contribution in [2.45, 2.75) is 6.92 Å². The monoisotopic (exact) mass is 144 g/mol. The Hall–Kier alpha value is -0.450. The first-order valence-corrected chi connectivity index (χ1v) is 2.91. The van der Waals surface area contributed by atoms with Crippen molar-refractivity contribution in [1.29, 1.82) is 0 Å². The van der Waals surface area contributed by atoms with Gasteiger partial charge in [-0.15, -0.1) is 6.58 Å². The lowest BCUT2D eigenvalue weighted by molar-refractivity contribution is 0.501. The molecule has 0 bridgehead atoms. The molecule has 50 valence electrons. The molecule has 0 fully saturated rings. The molecule has 0 spiro atoms. The molecule has 0 amide bonds. The molecule has 0 unspecified atom stereocenters. The van der Waals surface area contributed by atoms with Gasteiger partial charge in [-0.1, -0.05) is 13.8 Å². The van der Waals surface area contributed by atoms with Gasteiger partial charge < -0.3 is 0 Å². The van der Waals surface area contributed by atoms with Gasteiger partial charge in [-0.05, 0) is 6.92 Å². The Balaban J connectivity index is 0. The third-order valence-corrected chi connectivity index (χ3v) is 0. The highest BCUT2D eigenvalue weighted by Gasteiger charge is 1.94. The molecule has 0 aromatic rings. The molecule has 0 aliphatic carbocycles. The van der Waals surface area contributed by atoms with Crippen molar-refractivity contribution in [1.82, 2.24) is 0 Å². The zero-order valence-electron chi connectivity index (χ0n) is 4.27. The first kappa shape index (κ1) is 10.5. The molecule has 0 saturated heterocycles. The second-order valence-corrected chi connectivity index (χ2v) is 1.54. The van der Waals surface area contributed by atoms with E-state index in [0.717, 1.165) is 0 Å². The largest absolute Gasteiger partial charge is 0.476 e. The summed E-state index contributed by atoms with van der Waals surface area (Å²) in [4.78, 5) is 0. The zero-order valence-corrected chi connectivity index (χ0v) is 5.08. The summed E-state index contributed by atoms with van der Waals surface area (Å²) < 4.78 is 36.6. The lowest BCUT2D eigenvalue weighted by Gasteiger charge is -1.57. The average Bonchev–Trinajstić information content (AvgIpc) is 1.27. The van der Waals surface area contributed by atoms with Crippen LogP contribution in [0.1, 0.15) is 6.92 Å². The van der Waals surface area contributed by atoms with E-state index in [1.807, 2.05) is 6.92 Å². The van der Waals surface area contributed by atoms with Gasteiger partial charge in [0.2, 0.25) is 0 Å². The molecule has 2 nitrogen and oxygen atoms in total. The topological polar surface area (TPSA) is 34.1 Å². The first-order valence-electron chi connectivity index (χ1n) is 1.63. The Kier molecular flexibility index (Phi) is 6.18. The van der Waals surface area contributed by atoms with Crippen LogP contribution in [0.3, 0.4) is 0 Å². The highest BCUT2D eigenvalue weighted by atomic mass is 32.3. The van der Waals surface area contributed by atoms with Gasteiger partial charge in [0.15, 0.2) is 0 Å². The molecule has 0 saturated carbocycles. The third kappa shape index (κ3) is 567. The van der Waals surface area contributed by atoms with Crippen LogP contribution in [0.4, 0.5) is 7.77 Å². The lowest BCUT2D eigenvalue weighted by atomic mass is 10.8. The Morgan fingerprint density at radius 3 is 1.50 bits per heavy atom. The molecule has 5 heteroatoms. The smallest absolute Gasteiger partial charge is 0.160 e. The minimum Gasteiger partial charge on any atom is -0.160 e. The summed E-state index contributed by atoms with van der Waals surface area (Å²) in [6, 6.07) is 0. The predicted molar refractivity (Wildman–Crippen MR) is 27.0 cm³/mol. The first-order chi connectivity index (χ1) is 3.41. The summed E-state index contributed by atoms with van der Waals surface area (Å²) >= 11 is 0. The van der Waals surface area contributed by atoms with E-state index in [4.69, 9.17) is 8.42 Å². The SMILES string of the molecule is C=CC.O=S(=O)(F)F. The number of halogens is 2. The van der Waals surface area contributed by atoms with E-state index < -0.39 is 10.6 Å². The van der Waals surface area contributed by atoms with Crippen molar-refractivity contribution in [2.24, 2.45) is 0 Å². The quantitative estimate of drug-likeness (QED) is 0.380. The molecule has 8 heavy (non-hydrogen) atoms. The summed E-state index contributed by atoms with van der Waals surface area (Å²) in [5, 5.41) is 0. The van der Waals surface area contributed by atoms with Gasteiger partial charge in [-0.25, -0.2) is 0 Å². The van der Waals surface area contributed by atoms with Gasteiger partial charge in [0.25, 0.3) is 0 Å². The fourth-order valence-corrected chi connectivity index (χ4v) is 0. The molecular weight excluding hydrogens is 138 g/mol. The van der Waals surface area contributed by atoms with Crippen LogP contribution in [0.25, 0.3) is 0 Å². The molecule has 0 aromatic carbocycles. The maximum absolute atomic E-state index is 9.99. The number of hydrogen-bond acceptors (Lipinski definition) is 2. The summed E-state index contributed by atoms with van der Waals surface area (Å²) in [7, 11) is -5.67. The van der Waals surface area contributed by atoms with E-state index in [1.165, 1.54) is 0 Å². The van der Waals surface area contributed by atoms with Crippen molar-refractivity contribution in [3.05, 3.63) is 12.7 Å². The highest BCUT2D eigenvalue weighted by molar-refractivity contribution is 7.81. The third-order valence-electron chi connectivity index (χ3n) is 0. The van der Waals surface area contributed by atoms with Crippen LogP contribution in [-0.4, -0.2) is 8.42 Å². The van der Waals surface area contributed by atoms with E-state index in [-0.39, 0.29) is 0 Å². The summed E-state index contributed by atoms with van der Waals surface area (Å²) in [6.07, 6.45) is 1.75. The lowest BCUT2D eigenvalue weighted by Crippen LogP contribution is -1.69. The van der Waals surface area contributed by atoms with E-state index in [2.05, 4.69) is 6.58 Å². The van der Waals surface area contributed by atoms with E-state index >= 15 is 0 Å². The maximum Gasteiger partial charge on any atom is 0.476 e. The van der Waals surface area contributed by atoms with Crippen LogP contribution in [0, 0.1) is 0 Å². The Bertz CT molecular complexity index is 129. The summed E-state index contributed by atoms with van der Waals surface area (Å²) in [5.41, 5.74) is 0. The molecule has 0 radical (unpaired) electrons. The van der Waals surface area contributed by atoms with Gasteiger partial charge in [-0.3, -0.25) is 0 Å². The summed E-state index contributed by atoms with van der Waals surface area (Å²) in [5.74, 6) is 0. The van der Waals surface area contributed by atoms with Crippen LogP contribution >= 0.6 is 0 Å². The van der Waals surface area contributed by atoms with Crippen molar-refractivity contribution in [2.75, 3.05) is 0 Å². The van der Waals surface area contributed by atoms with Crippen LogP contribution in [0.2, 0.25) is 0 Å². The number of rotatable bonds is 0. The molecule has 0 rings (SSSR count). The minimum atomic E-state index is -5.67. The minimum absolute atomic E-state index is 1.75. The van der Waals surface area contributed by atoms with Crippen molar-refractivity contribution >= 4 is 10.6 Å². The van der Waals surface area contributed by atoms with Gasteiger partial charge >= 0.3 is 10.6 Å². The van der Waals surface area contributed by atoms with Crippen LogP contribution in [0.15, 0.2) is 12.7 Å². The molecule has 0 N–H and O–H groups in total. The van der Waals surface area contributed by atoms with Crippen LogP contribution in [-0.2, 0) is 10.6 Å². The molecule has 0 atom stereocenters. The fraction of sp³-hybridized carbons (Fsp3) is 0.333. The Morgan fingerprint density at radius 1 is 1.50 bits per heavy atom. The van der Waals surface area contributed by atoms with Crippen LogP contribution < -0.4 is 0 Å². The van der Waals surface area contributed by atoms with E-state index in [1.54, 1.807) is 6.08 Å². The van der Waals surface area contributed by atoms with Gasteiger partial charge in [-0.2, -0.15) is 8.42 Å². The fourth-order valence-electron chi connectivity index (χ4n) is 0. The van der Waals surface area contributed by atoms with Gasteiger partial charge in [0.1, 0.15) is 0 Å². The van der Waals surface area contributed by atoms with E-state index in [0.29, 0.717) is 0 Å². The zero-order chi connectivity index (χ0) is 7.21. The Labute approximate surface area is 47.3 Å². The van der Waals surface area contributed by atoms with Crippen LogP contribution in [0.5, 0.6) is 0 Å². The number of hydrogen-bond donors (Lipinski definition) is 0. The molecule has 0 aliphatic rings. The van der Waals surface area contributed by atoms with Gasteiger partial charge in [0, 0.05) is 0 Å². The van der Waals surface area contributed by atoms with Gasteiger partial charge in [0.05, 0.1) is 0 Å². The van der Waals surface area contributed by atoms with Crippen molar-refractivity contribution in [3.63, 3.8) is 0 Å². The number of allylic oxidation sites excluding steroid dienone is 1.